The summed E-state index contributed by atoms with van der Waals surface area (Å²) in [6.07, 6.45) is 0.992. The number of nitrogens with zero attached hydrogens (tertiary/aromatic N) is 2. The van der Waals surface area contributed by atoms with Crippen molar-refractivity contribution in [2.75, 3.05) is 6.54 Å². The zero-order valence-electron chi connectivity index (χ0n) is 19.6. The molecule has 10 nitrogen and oxygen atoms in total. The Morgan fingerprint density at radius 2 is 1.62 bits per heavy atom. The van der Waals surface area contributed by atoms with Gasteiger partial charge in [0.1, 0.15) is 11.4 Å². The van der Waals surface area contributed by atoms with Gasteiger partial charge in [0.15, 0.2) is 5.96 Å². The van der Waals surface area contributed by atoms with E-state index >= 15 is 0 Å². The summed E-state index contributed by atoms with van der Waals surface area (Å²) in [4.78, 5) is 49.5. The van der Waals surface area contributed by atoms with Crippen molar-refractivity contribution in [2.45, 2.75) is 6.42 Å². The van der Waals surface area contributed by atoms with E-state index in [0.717, 1.165) is 17.4 Å². The average molecular weight is 498 g/mol. The Hall–Kier alpha value is -5.34. The van der Waals surface area contributed by atoms with Crippen LogP contribution in [-0.4, -0.2) is 35.5 Å². The molecule has 4 aromatic rings. The standard InChI is InChI=1S/C26H23N5O3.CO2/c27-26(28)30-20-9-6-18(7-10-20)25(33)34-21-11-13-22-19(16-21)8-12-23(31-22)24(32)29-15-14-17-4-2-1-3-5-17;2-1-3/h1-13,16H,14-15H2,(H,29,32)(H4,27,28,30);. The van der Waals surface area contributed by atoms with Crippen molar-refractivity contribution in [1.29, 1.82) is 0 Å². The number of pyridine rings is 1. The van der Waals surface area contributed by atoms with Crippen LogP contribution >= 0.6 is 0 Å². The molecule has 4 rings (SSSR count). The van der Waals surface area contributed by atoms with Crippen molar-refractivity contribution >= 4 is 40.6 Å². The second-order valence-corrected chi connectivity index (χ2v) is 7.60. The Morgan fingerprint density at radius 1 is 0.919 bits per heavy atom. The molecule has 1 heterocycles. The Balaban J connectivity index is 0.00000121. The molecule has 0 aliphatic rings. The highest BCUT2D eigenvalue weighted by Gasteiger charge is 2.11. The Labute approximate surface area is 212 Å². The van der Waals surface area contributed by atoms with E-state index in [1.807, 2.05) is 30.3 Å². The summed E-state index contributed by atoms with van der Waals surface area (Å²) in [6, 6.07) is 24.8. The fourth-order valence-electron chi connectivity index (χ4n) is 3.34. The second-order valence-electron chi connectivity index (χ2n) is 7.60. The van der Waals surface area contributed by atoms with Gasteiger partial charge < -0.3 is 21.5 Å². The lowest BCUT2D eigenvalue weighted by Gasteiger charge is -2.08. The smallest absolute Gasteiger partial charge is 0.373 e. The van der Waals surface area contributed by atoms with Gasteiger partial charge in [-0.25, -0.2) is 14.8 Å². The highest BCUT2D eigenvalue weighted by atomic mass is 16.5. The number of rotatable bonds is 7. The fraction of sp³-hybridized carbons (Fsp3) is 0.0741. The molecule has 0 radical (unpaired) electrons. The molecule has 3 aromatic carbocycles. The van der Waals surface area contributed by atoms with Crippen molar-refractivity contribution in [3.8, 4) is 5.75 Å². The van der Waals surface area contributed by atoms with Crippen molar-refractivity contribution < 1.29 is 23.9 Å². The van der Waals surface area contributed by atoms with E-state index in [-0.39, 0.29) is 18.0 Å². The predicted octanol–water partition coefficient (Wildman–Crippen LogP) is 2.75. The average Bonchev–Trinajstić information content (AvgIpc) is 2.89. The number of amides is 1. The number of fused-ring (bicyclic) bond motifs is 1. The van der Waals surface area contributed by atoms with Crippen molar-refractivity contribution in [3.63, 3.8) is 0 Å². The van der Waals surface area contributed by atoms with E-state index in [4.69, 9.17) is 25.8 Å². The van der Waals surface area contributed by atoms with Crippen LogP contribution in [0.2, 0.25) is 0 Å². The molecule has 5 N–H and O–H groups in total. The van der Waals surface area contributed by atoms with E-state index in [0.29, 0.717) is 34.8 Å². The molecule has 10 heteroatoms. The first-order valence-corrected chi connectivity index (χ1v) is 11.0. The highest BCUT2D eigenvalue weighted by Crippen LogP contribution is 2.22. The molecule has 37 heavy (non-hydrogen) atoms. The van der Waals surface area contributed by atoms with E-state index in [2.05, 4.69) is 15.3 Å². The summed E-state index contributed by atoms with van der Waals surface area (Å²) in [6.45, 7) is 0.518. The van der Waals surface area contributed by atoms with Gasteiger partial charge in [-0.2, -0.15) is 9.59 Å². The lowest BCUT2D eigenvalue weighted by Crippen LogP contribution is -2.26. The molecule has 186 valence electrons. The molecule has 0 spiro atoms. The molecule has 0 saturated carbocycles. The summed E-state index contributed by atoms with van der Waals surface area (Å²) in [7, 11) is 0. The number of hydrogen-bond acceptors (Lipinski definition) is 7. The zero-order valence-corrected chi connectivity index (χ0v) is 19.6. The number of benzene rings is 3. The highest BCUT2D eigenvalue weighted by molar-refractivity contribution is 5.95. The normalized spacial score (nSPS) is 9.84. The molecule has 0 bridgehead atoms. The van der Waals surface area contributed by atoms with Gasteiger partial charge in [-0.05, 0) is 60.5 Å². The minimum absolute atomic E-state index is 0.0621. The quantitative estimate of drug-likeness (QED) is 0.152. The van der Waals surface area contributed by atoms with Gasteiger partial charge >= 0.3 is 12.1 Å². The lowest BCUT2D eigenvalue weighted by atomic mass is 10.1. The fourth-order valence-corrected chi connectivity index (χ4v) is 3.34. The zero-order chi connectivity index (χ0) is 26.6. The van der Waals surface area contributed by atoms with Crippen LogP contribution in [0.4, 0.5) is 5.69 Å². The number of esters is 1. The van der Waals surface area contributed by atoms with Gasteiger partial charge in [0.2, 0.25) is 0 Å². The molecule has 0 unspecified atom stereocenters. The first-order valence-electron chi connectivity index (χ1n) is 11.0. The molecule has 1 amide bonds. The van der Waals surface area contributed by atoms with Crippen molar-refractivity contribution in [1.82, 2.24) is 10.3 Å². The van der Waals surface area contributed by atoms with Crippen molar-refractivity contribution in [3.05, 3.63) is 102 Å². The number of aliphatic imine (C=N–C) groups is 1. The minimum Gasteiger partial charge on any atom is -0.423 e. The van der Waals surface area contributed by atoms with Gasteiger partial charge in [-0.15, -0.1) is 0 Å². The third kappa shape index (κ3) is 7.84. The largest absolute Gasteiger partial charge is 0.423 e. The van der Waals surface area contributed by atoms with E-state index < -0.39 is 5.97 Å². The number of guanidine groups is 1. The number of carbonyl (C=O) groups is 2. The maximum absolute atomic E-state index is 12.5. The number of carbonyl (C=O) groups excluding carboxylic acids is 4. The van der Waals surface area contributed by atoms with Crippen LogP contribution in [0.5, 0.6) is 5.75 Å². The van der Waals surface area contributed by atoms with Gasteiger partial charge in [-0.3, -0.25) is 4.79 Å². The van der Waals surface area contributed by atoms with Crippen LogP contribution in [-0.2, 0) is 16.0 Å². The first-order chi connectivity index (χ1) is 17.9. The van der Waals surface area contributed by atoms with Gasteiger partial charge in [0.25, 0.3) is 5.91 Å². The van der Waals surface area contributed by atoms with Crippen LogP contribution in [0.1, 0.15) is 26.4 Å². The minimum atomic E-state index is -0.516. The summed E-state index contributed by atoms with van der Waals surface area (Å²) in [5, 5.41) is 3.63. The summed E-state index contributed by atoms with van der Waals surface area (Å²) < 4.78 is 5.47. The molecule has 0 aliphatic heterocycles. The molecular weight excluding hydrogens is 474 g/mol. The van der Waals surface area contributed by atoms with E-state index in [1.165, 1.54) is 0 Å². The monoisotopic (exact) mass is 497 g/mol. The lowest BCUT2D eigenvalue weighted by molar-refractivity contribution is -0.191. The summed E-state index contributed by atoms with van der Waals surface area (Å²) >= 11 is 0. The van der Waals surface area contributed by atoms with Crippen LogP contribution in [0.3, 0.4) is 0 Å². The van der Waals surface area contributed by atoms with Gasteiger partial charge in [0.05, 0.1) is 16.8 Å². The Bertz CT molecular complexity index is 1440. The van der Waals surface area contributed by atoms with E-state index in [1.54, 1.807) is 54.6 Å². The number of nitrogens with two attached hydrogens (primary N) is 2. The number of hydrogen-bond donors (Lipinski definition) is 3. The summed E-state index contributed by atoms with van der Waals surface area (Å²) in [5.74, 6) is -0.448. The van der Waals surface area contributed by atoms with Crippen LogP contribution in [0.15, 0.2) is 89.9 Å². The Morgan fingerprint density at radius 3 is 2.30 bits per heavy atom. The molecule has 0 aliphatic carbocycles. The number of aromatic nitrogens is 1. The molecular formula is C27H23N5O5. The summed E-state index contributed by atoms with van der Waals surface area (Å²) in [5.41, 5.74) is 13.7. The van der Waals surface area contributed by atoms with Crippen molar-refractivity contribution in [2.24, 2.45) is 16.5 Å². The topological polar surface area (TPSA) is 167 Å². The predicted molar refractivity (Wildman–Crippen MR) is 136 cm³/mol. The maximum Gasteiger partial charge on any atom is 0.373 e. The molecule has 0 fully saturated rings. The maximum atomic E-state index is 12.5. The second kappa shape index (κ2) is 12.9. The number of nitrogens with one attached hydrogen (secondary N) is 1. The van der Waals surface area contributed by atoms with Gasteiger partial charge in [0, 0.05) is 11.9 Å². The van der Waals surface area contributed by atoms with Crippen LogP contribution in [0, 0.1) is 0 Å². The molecule has 0 saturated heterocycles. The molecule has 0 atom stereocenters. The van der Waals surface area contributed by atoms with Gasteiger partial charge in [-0.1, -0.05) is 36.4 Å². The van der Waals surface area contributed by atoms with Crippen LogP contribution < -0.4 is 21.5 Å². The third-order valence-corrected chi connectivity index (χ3v) is 5.01. The SMILES string of the molecule is NC(N)=Nc1ccc(C(=O)Oc2ccc3nc(C(=O)NCCc4ccccc4)ccc3c2)cc1.O=C=O. The number of ether oxygens (including phenoxy) is 1. The first kappa shape index (κ1) is 26.3. The van der Waals surface area contributed by atoms with Crippen LogP contribution in [0.25, 0.3) is 10.9 Å². The Kier molecular flexibility index (Phi) is 9.18. The molecule has 1 aromatic heterocycles. The van der Waals surface area contributed by atoms with E-state index in [9.17, 15) is 9.59 Å². The third-order valence-electron chi connectivity index (χ3n) is 5.01.